The van der Waals surface area contributed by atoms with Crippen LogP contribution in [0.25, 0.3) is 0 Å². The van der Waals surface area contributed by atoms with Gasteiger partial charge in [-0.05, 0) is 26.2 Å². The second-order valence-electron chi connectivity index (χ2n) is 4.49. The monoisotopic (exact) mass is 226 g/mol. The molecule has 90 valence electrons. The van der Waals surface area contributed by atoms with Gasteiger partial charge in [-0.15, -0.1) is 0 Å². The topological polar surface area (TPSA) is 58.6 Å². The van der Waals surface area contributed by atoms with Gasteiger partial charge >= 0.3 is 6.09 Å². The number of amides is 2. The molecule has 1 N–H and O–H groups in total. The van der Waals surface area contributed by atoms with Crippen LogP contribution >= 0.6 is 0 Å². The first-order valence-corrected chi connectivity index (χ1v) is 5.88. The summed E-state index contributed by atoms with van der Waals surface area (Å²) in [6.45, 7) is 4.93. The molecule has 2 saturated heterocycles. The Morgan fingerprint density at radius 3 is 3.00 bits per heavy atom. The van der Waals surface area contributed by atoms with Gasteiger partial charge in [0.15, 0.2) is 0 Å². The van der Waals surface area contributed by atoms with Crippen LogP contribution < -0.4 is 5.32 Å². The standard InChI is InChI=1S/C11H18N2O3/c1-3-7-16-10(15)13-6-4-5-11(13)8(2)12-9(11)14/h8H,3-7H2,1-2H3,(H,12,14). The normalized spacial score (nSPS) is 32.5. The van der Waals surface area contributed by atoms with Crippen LogP contribution in [0.2, 0.25) is 0 Å². The molecule has 2 heterocycles. The Morgan fingerprint density at radius 2 is 2.44 bits per heavy atom. The molecule has 2 atom stereocenters. The predicted molar refractivity (Wildman–Crippen MR) is 57.9 cm³/mol. The first-order chi connectivity index (χ1) is 7.63. The first kappa shape index (κ1) is 11.2. The van der Waals surface area contributed by atoms with Gasteiger partial charge in [0.2, 0.25) is 5.91 Å². The zero-order chi connectivity index (χ0) is 11.8. The van der Waals surface area contributed by atoms with Crippen molar-refractivity contribution in [3.63, 3.8) is 0 Å². The number of carbonyl (C=O) groups is 2. The maximum Gasteiger partial charge on any atom is 0.410 e. The van der Waals surface area contributed by atoms with Gasteiger partial charge in [0.25, 0.3) is 0 Å². The van der Waals surface area contributed by atoms with Crippen molar-refractivity contribution in [1.82, 2.24) is 10.2 Å². The molecule has 0 aromatic rings. The lowest BCUT2D eigenvalue weighted by atomic mass is 9.80. The molecule has 0 radical (unpaired) electrons. The average molecular weight is 226 g/mol. The van der Waals surface area contributed by atoms with Gasteiger partial charge < -0.3 is 10.1 Å². The molecule has 2 rings (SSSR count). The molecule has 0 aliphatic carbocycles. The molecule has 2 unspecified atom stereocenters. The lowest BCUT2D eigenvalue weighted by Crippen LogP contribution is -2.76. The summed E-state index contributed by atoms with van der Waals surface area (Å²) in [5.74, 6) is -0.0362. The van der Waals surface area contributed by atoms with Gasteiger partial charge in [-0.1, -0.05) is 6.92 Å². The number of ether oxygens (including phenoxy) is 1. The van der Waals surface area contributed by atoms with Crippen LogP contribution in [0.3, 0.4) is 0 Å². The highest BCUT2D eigenvalue weighted by molar-refractivity contribution is 5.97. The average Bonchev–Trinajstić information content (AvgIpc) is 2.73. The minimum Gasteiger partial charge on any atom is -0.449 e. The van der Waals surface area contributed by atoms with Crippen LogP contribution in [0.1, 0.15) is 33.1 Å². The van der Waals surface area contributed by atoms with Crippen molar-refractivity contribution in [3.8, 4) is 0 Å². The van der Waals surface area contributed by atoms with Crippen LogP contribution in [0.15, 0.2) is 0 Å². The Balaban J connectivity index is 2.09. The van der Waals surface area contributed by atoms with Crippen molar-refractivity contribution >= 4 is 12.0 Å². The zero-order valence-corrected chi connectivity index (χ0v) is 9.78. The SMILES string of the molecule is CCCOC(=O)N1CCCC12C(=O)NC2C. The lowest BCUT2D eigenvalue weighted by molar-refractivity contribution is -0.145. The third-order valence-corrected chi connectivity index (χ3v) is 3.53. The minimum atomic E-state index is -0.620. The van der Waals surface area contributed by atoms with Crippen molar-refractivity contribution in [2.75, 3.05) is 13.2 Å². The number of rotatable bonds is 2. The van der Waals surface area contributed by atoms with Crippen molar-refractivity contribution in [3.05, 3.63) is 0 Å². The van der Waals surface area contributed by atoms with Gasteiger partial charge in [0.05, 0.1) is 12.6 Å². The highest BCUT2D eigenvalue weighted by Crippen LogP contribution is 2.38. The highest BCUT2D eigenvalue weighted by atomic mass is 16.6. The molecular weight excluding hydrogens is 208 g/mol. The molecular formula is C11H18N2O3. The summed E-state index contributed by atoms with van der Waals surface area (Å²) in [7, 11) is 0. The maximum absolute atomic E-state index is 11.8. The number of hydrogen-bond acceptors (Lipinski definition) is 3. The summed E-state index contributed by atoms with van der Waals surface area (Å²) in [6, 6.07) is 0.0386. The number of nitrogens with zero attached hydrogens (tertiary/aromatic N) is 1. The van der Waals surface area contributed by atoms with Crippen LogP contribution in [-0.4, -0.2) is 41.6 Å². The largest absolute Gasteiger partial charge is 0.449 e. The summed E-state index contributed by atoms with van der Waals surface area (Å²) in [5, 5.41) is 2.79. The molecule has 2 aliphatic heterocycles. The van der Waals surface area contributed by atoms with Crippen molar-refractivity contribution in [1.29, 1.82) is 0 Å². The minimum absolute atomic E-state index is 0.0362. The van der Waals surface area contributed by atoms with Gasteiger partial charge in [-0.2, -0.15) is 0 Å². The Labute approximate surface area is 95.1 Å². The van der Waals surface area contributed by atoms with Gasteiger partial charge in [0, 0.05) is 6.54 Å². The molecule has 0 saturated carbocycles. The van der Waals surface area contributed by atoms with E-state index in [2.05, 4.69) is 5.32 Å². The van der Waals surface area contributed by atoms with E-state index in [0.29, 0.717) is 13.2 Å². The Bertz CT molecular complexity index is 318. The van der Waals surface area contributed by atoms with Crippen molar-refractivity contribution in [2.24, 2.45) is 0 Å². The van der Waals surface area contributed by atoms with E-state index in [1.807, 2.05) is 13.8 Å². The summed E-state index contributed by atoms with van der Waals surface area (Å²) in [6.07, 6.45) is 2.08. The van der Waals surface area contributed by atoms with Crippen molar-refractivity contribution < 1.29 is 14.3 Å². The predicted octanol–water partition coefficient (Wildman–Crippen LogP) is 0.886. The third kappa shape index (κ3) is 1.37. The van der Waals surface area contributed by atoms with Crippen LogP contribution in [-0.2, 0) is 9.53 Å². The summed E-state index contributed by atoms with van der Waals surface area (Å²) < 4.78 is 5.11. The highest BCUT2D eigenvalue weighted by Gasteiger charge is 2.60. The molecule has 5 heteroatoms. The fraction of sp³-hybridized carbons (Fsp3) is 0.818. The second-order valence-corrected chi connectivity index (χ2v) is 4.49. The molecule has 1 spiro atoms. The zero-order valence-electron chi connectivity index (χ0n) is 9.78. The molecule has 16 heavy (non-hydrogen) atoms. The van der Waals surface area contributed by atoms with Gasteiger partial charge in [-0.25, -0.2) is 4.79 Å². The maximum atomic E-state index is 11.8. The quantitative estimate of drug-likeness (QED) is 0.711. The van der Waals surface area contributed by atoms with E-state index in [9.17, 15) is 9.59 Å². The number of likely N-dealkylation sites (tertiary alicyclic amines) is 1. The van der Waals surface area contributed by atoms with E-state index in [0.717, 1.165) is 19.3 Å². The molecule has 2 fully saturated rings. The van der Waals surface area contributed by atoms with Crippen LogP contribution in [0.5, 0.6) is 0 Å². The number of nitrogens with one attached hydrogen (secondary N) is 1. The molecule has 0 aromatic carbocycles. The summed E-state index contributed by atoms with van der Waals surface area (Å²) >= 11 is 0. The fourth-order valence-corrected chi connectivity index (χ4v) is 2.61. The number of β-lactam (4-membered cyclic amide) rings is 1. The van der Waals surface area contributed by atoms with Gasteiger partial charge in [0.1, 0.15) is 5.54 Å². The van der Waals surface area contributed by atoms with E-state index < -0.39 is 5.54 Å². The Hall–Kier alpha value is -1.26. The number of carbonyl (C=O) groups excluding carboxylic acids is 2. The van der Waals surface area contributed by atoms with E-state index in [1.165, 1.54) is 0 Å². The van der Waals surface area contributed by atoms with Crippen LogP contribution in [0, 0.1) is 0 Å². The van der Waals surface area contributed by atoms with Gasteiger partial charge in [-0.3, -0.25) is 9.69 Å². The van der Waals surface area contributed by atoms with E-state index in [4.69, 9.17) is 4.74 Å². The molecule has 2 amide bonds. The first-order valence-electron chi connectivity index (χ1n) is 5.88. The van der Waals surface area contributed by atoms with E-state index >= 15 is 0 Å². The Kier molecular flexibility index (Phi) is 2.78. The van der Waals surface area contributed by atoms with E-state index in [1.54, 1.807) is 4.90 Å². The summed E-state index contributed by atoms with van der Waals surface area (Å²) in [5.41, 5.74) is -0.620. The molecule has 5 nitrogen and oxygen atoms in total. The lowest BCUT2D eigenvalue weighted by Gasteiger charge is -2.49. The van der Waals surface area contributed by atoms with E-state index in [-0.39, 0.29) is 18.0 Å². The van der Waals surface area contributed by atoms with Crippen LogP contribution in [0.4, 0.5) is 4.79 Å². The Morgan fingerprint density at radius 1 is 1.69 bits per heavy atom. The molecule has 0 aromatic heterocycles. The summed E-state index contributed by atoms with van der Waals surface area (Å²) in [4.78, 5) is 25.1. The molecule has 0 bridgehead atoms. The third-order valence-electron chi connectivity index (χ3n) is 3.53. The fourth-order valence-electron chi connectivity index (χ4n) is 2.61. The van der Waals surface area contributed by atoms with Crippen molar-refractivity contribution in [2.45, 2.75) is 44.7 Å². The number of hydrogen-bond donors (Lipinski definition) is 1. The molecule has 2 aliphatic rings. The smallest absolute Gasteiger partial charge is 0.410 e. The second kappa shape index (κ2) is 3.96.